The fourth-order valence-electron chi connectivity index (χ4n) is 2.58. The minimum atomic E-state index is -3.41. The fraction of sp³-hybridized carbons (Fsp3) is 0.500. The molecule has 6 heteroatoms. The number of hydrogen-bond acceptors (Lipinski definition) is 4. The summed E-state index contributed by atoms with van der Waals surface area (Å²) in [7, 11) is -1.73. The van der Waals surface area contributed by atoms with Crippen LogP contribution in [0, 0.1) is 0 Å². The van der Waals surface area contributed by atoms with E-state index in [1.165, 1.54) is 5.41 Å². The van der Waals surface area contributed by atoms with Crippen molar-refractivity contribution in [1.82, 2.24) is 9.62 Å². The van der Waals surface area contributed by atoms with Crippen molar-refractivity contribution in [3.8, 4) is 0 Å². The molecule has 5 nitrogen and oxygen atoms in total. The lowest BCUT2D eigenvalue weighted by molar-refractivity contribution is 0.126. The summed E-state index contributed by atoms with van der Waals surface area (Å²) < 4.78 is 32.2. The van der Waals surface area contributed by atoms with Crippen LogP contribution in [0.5, 0.6) is 0 Å². The monoisotopic (exact) mass is 324 g/mol. The molecule has 0 amide bonds. The van der Waals surface area contributed by atoms with Gasteiger partial charge in [-0.3, -0.25) is 4.90 Å². The molecule has 2 rings (SSSR count). The van der Waals surface area contributed by atoms with Crippen LogP contribution in [0.1, 0.15) is 18.4 Å². The third-order valence-electron chi connectivity index (χ3n) is 3.69. The number of ether oxygens (including phenoxy) is 1. The van der Waals surface area contributed by atoms with Crippen LogP contribution in [0.25, 0.3) is 6.08 Å². The predicted molar refractivity (Wildman–Crippen MR) is 88.9 cm³/mol. The molecule has 0 saturated carbocycles. The average molecular weight is 324 g/mol. The second-order valence-corrected chi connectivity index (χ2v) is 7.11. The van der Waals surface area contributed by atoms with Crippen molar-refractivity contribution in [3.05, 3.63) is 41.3 Å². The van der Waals surface area contributed by atoms with Gasteiger partial charge in [0, 0.05) is 31.6 Å². The van der Waals surface area contributed by atoms with E-state index in [0.29, 0.717) is 6.61 Å². The smallest absolute Gasteiger partial charge is 0.234 e. The first kappa shape index (κ1) is 17.1. The summed E-state index contributed by atoms with van der Waals surface area (Å²) in [6.45, 7) is 3.26. The molecule has 0 aliphatic carbocycles. The second-order valence-electron chi connectivity index (χ2n) is 5.51. The molecule has 0 bridgehead atoms. The summed E-state index contributed by atoms with van der Waals surface area (Å²) in [5.41, 5.74) is 0.873. The van der Waals surface area contributed by atoms with Crippen molar-refractivity contribution in [3.63, 3.8) is 0 Å². The number of methoxy groups -OCH3 is 1. The lowest BCUT2D eigenvalue weighted by Crippen LogP contribution is -2.47. The molecule has 1 fully saturated rings. The van der Waals surface area contributed by atoms with Gasteiger partial charge in [0.15, 0.2) is 0 Å². The van der Waals surface area contributed by atoms with Crippen molar-refractivity contribution < 1.29 is 13.2 Å². The van der Waals surface area contributed by atoms with Gasteiger partial charge in [0.1, 0.15) is 0 Å². The molecule has 1 atom stereocenters. The number of nitrogens with one attached hydrogen (secondary N) is 1. The van der Waals surface area contributed by atoms with Gasteiger partial charge in [-0.25, -0.2) is 13.1 Å². The molecular weight excluding hydrogens is 300 g/mol. The average Bonchev–Trinajstić information content (AvgIpc) is 2.52. The van der Waals surface area contributed by atoms with E-state index in [4.69, 9.17) is 4.74 Å². The fourth-order valence-corrected chi connectivity index (χ4v) is 3.65. The summed E-state index contributed by atoms with van der Waals surface area (Å²) in [6.07, 6.45) is 3.50. The van der Waals surface area contributed by atoms with Crippen LogP contribution in [0.4, 0.5) is 0 Å². The minimum Gasteiger partial charge on any atom is -0.383 e. The SMILES string of the molecule is COCCN1CCC[C@@H](NS(=O)(=O)/C=C\c2ccccc2)C1. The predicted octanol–water partition coefficient (Wildman–Crippen LogP) is 1.69. The summed E-state index contributed by atoms with van der Waals surface area (Å²) in [5, 5.41) is 1.25. The van der Waals surface area contributed by atoms with Gasteiger partial charge >= 0.3 is 0 Å². The van der Waals surface area contributed by atoms with E-state index in [-0.39, 0.29) is 6.04 Å². The molecule has 1 aromatic rings. The largest absolute Gasteiger partial charge is 0.383 e. The lowest BCUT2D eigenvalue weighted by Gasteiger charge is -2.32. The van der Waals surface area contributed by atoms with Crippen molar-refractivity contribution >= 4 is 16.1 Å². The number of piperidine rings is 1. The molecule has 0 aromatic heterocycles. The Hall–Kier alpha value is -1.21. The molecule has 1 saturated heterocycles. The molecule has 1 aliphatic heterocycles. The molecule has 1 aliphatic rings. The Morgan fingerprint density at radius 2 is 2.14 bits per heavy atom. The highest BCUT2D eigenvalue weighted by Crippen LogP contribution is 2.11. The van der Waals surface area contributed by atoms with Crippen molar-refractivity contribution in [1.29, 1.82) is 0 Å². The van der Waals surface area contributed by atoms with E-state index < -0.39 is 10.0 Å². The van der Waals surface area contributed by atoms with Crippen LogP contribution in [0.2, 0.25) is 0 Å². The Bertz CT molecular complexity index is 572. The van der Waals surface area contributed by atoms with Crippen LogP contribution in [0.15, 0.2) is 35.7 Å². The van der Waals surface area contributed by atoms with Crippen LogP contribution < -0.4 is 4.72 Å². The van der Waals surface area contributed by atoms with Gasteiger partial charge < -0.3 is 4.74 Å². The summed E-state index contributed by atoms with van der Waals surface area (Å²) >= 11 is 0. The summed E-state index contributed by atoms with van der Waals surface area (Å²) in [4.78, 5) is 2.24. The highest BCUT2D eigenvalue weighted by atomic mass is 32.2. The normalized spacial score (nSPS) is 20.5. The number of benzene rings is 1. The standard InChI is InChI=1S/C16H24N2O3S/c1-21-12-11-18-10-5-8-16(14-18)17-22(19,20)13-9-15-6-3-2-4-7-15/h2-4,6-7,9,13,16-17H,5,8,10-12,14H2,1H3/b13-9-/t16-/m1/s1. The quantitative estimate of drug-likeness (QED) is 0.829. The number of nitrogens with zero attached hydrogens (tertiary/aromatic N) is 1. The molecule has 122 valence electrons. The molecule has 0 radical (unpaired) electrons. The molecule has 0 unspecified atom stereocenters. The molecule has 22 heavy (non-hydrogen) atoms. The van der Waals surface area contributed by atoms with Gasteiger partial charge in [-0.05, 0) is 31.0 Å². The summed E-state index contributed by atoms with van der Waals surface area (Å²) in [6, 6.07) is 9.39. The third kappa shape index (κ3) is 5.88. The Kier molecular flexibility index (Phi) is 6.57. The van der Waals surface area contributed by atoms with Crippen molar-refractivity contribution in [2.75, 3.05) is 33.4 Å². The van der Waals surface area contributed by atoms with E-state index in [9.17, 15) is 8.42 Å². The van der Waals surface area contributed by atoms with E-state index in [2.05, 4.69) is 9.62 Å². The molecular formula is C16H24N2O3S. The first-order valence-electron chi connectivity index (χ1n) is 7.56. The maximum absolute atomic E-state index is 12.2. The Morgan fingerprint density at radius 3 is 2.86 bits per heavy atom. The first-order chi connectivity index (χ1) is 10.6. The molecule has 0 spiro atoms. The first-order valence-corrected chi connectivity index (χ1v) is 9.10. The van der Waals surface area contributed by atoms with Crippen molar-refractivity contribution in [2.45, 2.75) is 18.9 Å². The van der Waals surface area contributed by atoms with Crippen LogP contribution in [0.3, 0.4) is 0 Å². The van der Waals surface area contributed by atoms with Crippen LogP contribution in [-0.4, -0.2) is 52.7 Å². The van der Waals surface area contributed by atoms with E-state index in [1.54, 1.807) is 13.2 Å². The maximum Gasteiger partial charge on any atom is 0.234 e. The Balaban J connectivity index is 1.89. The highest BCUT2D eigenvalue weighted by Gasteiger charge is 2.22. The zero-order valence-electron chi connectivity index (χ0n) is 12.9. The van der Waals surface area contributed by atoms with E-state index in [0.717, 1.165) is 38.0 Å². The van der Waals surface area contributed by atoms with Gasteiger partial charge in [-0.15, -0.1) is 0 Å². The van der Waals surface area contributed by atoms with E-state index >= 15 is 0 Å². The zero-order chi connectivity index (χ0) is 15.8. The number of rotatable bonds is 7. The minimum absolute atomic E-state index is 0.0315. The van der Waals surface area contributed by atoms with Gasteiger partial charge in [-0.1, -0.05) is 30.3 Å². The zero-order valence-corrected chi connectivity index (χ0v) is 13.8. The Morgan fingerprint density at radius 1 is 1.36 bits per heavy atom. The lowest BCUT2D eigenvalue weighted by atomic mass is 10.1. The number of likely N-dealkylation sites (tertiary alicyclic amines) is 1. The van der Waals surface area contributed by atoms with Crippen LogP contribution in [-0.2, 0) is 14.8 Å². The molecule has 1 heterocycles. The summed E-state index contributed by atoms with van der Waals surface area (Å²) in [5.74, 6) is 0. The second kappa shape index (κ2) is 8.43. The maximum atomic E-state index is 12.2. The highest BCUT2D eigenvalue weighted by molar-refractivity contribution is 7.92. The van der Waals surface area contributed by atoms with Gasteiger partial charge in [-0.2, -0.15) is 0 Å². The third-order valence-corrected chi connectivity index (χ3v) is 4.84. The van der Waals surface area contributed by atoms with Gasteiger partial charge in [0.05, 0.1) is 6.61 Å². The van der Waals surface area contributed by atoms with Crippen molar-refractivity contribution in [2.24, 2.45) is 0 Å². The molecule has 1 aromatic carbocycles. The van der Waals surface area contributed by atoms with E-state index in [1.807, 2.05) is 30.3 Å². The topological polar surface area (TPSA) is 58.6 Å². The number of hydrogen-bond donors (Lipinski definition) is 1. The number of sulfonamides is 1. The Labute approximate surface area is 133 Å². The molecule has 1 N–H and O–H groups in total. The van der Waals surface area contributed by atoms with Gasteiger partial charge in [0.2, 0.25) is 10.0 Å². The van der Waals surface area contributed by atoms with Crippen LogP contribution >= 0.6 is 0 Å². The van der Waals surface area contributed by atoms with Gasteiger partial charge in [0.25, 0.3) is 0 Å².